The number of amides is 2. The van der Waals surface area contributed by atoms with Crippen LogP contribution in [0.3, 0.4) is 0 Å². The van der Waals surface area contributed by atoms with Gasteiger partial charge in [-0.2, -0.15) is 0 Å². The Kier molecular flexibility index (Phi) is 7.28. The van der Waals surface area contributed by atoms with Crippen molar-refractivity contribution in [2.24, 2.45) is 0 Å². The molecular formula is C10H20N2O4. The lowest BCUT2D eigenvalue weighted by Gasteiger charge is -2.23. The van der Waals surface area contributed by atoms with Gasteiger partial charge in [-0.1, -0.05) is 13.8 Å². The number of carboxylic acids is 1. The summed E-state index contributed by atoms with van der Waals surface area (Å²) >= 11 is 0. The maximum atomic E-state index is 11.6. The predicted octanol–water partition coefficient (Wildman–Crippen LogP) is 0.263. The van der Waals surface area contributed by atoms with Crippen LogP contribution in [0.25, 0.3) is 0 Å². The Bertz CT molecular complexity index is 227. The van der Waals surface area contributed by atoms with Gasteiger partial charge in [0.25, 0.3) is 0 Å². The number of urea groups is 1. The van der Waals surface area contributed by atoms with E-state index < -0.39 is 18.0 Å². The van der Waals surface area contributed by atoms with Crippen LogP contribution in [0.5, 0.6) is 0 Å². The average Bonchev–Trinajstić information content (AvgIpc) is 2.24. The van der Waals surface area contributed by atoms with Crippen LogP contribution in [0.4, 0.5) is 4.79 Å². The van der Waals surface area contributed by atoms with Crippen molar-refractivity contribution in [2.75, 3.05) is 19.7 Å². The molecule has 0 aliphatic rings. The highest BCUT2D eigenvalue weighted by molar-refractivity contribution is 5.82. The zero-order valence-corrected chi connectivity index (χ0v) is 9.77. The van der Waals surface area contributed by atoms with Gasteiger partial charge in [0.05, 0.1) is 6.61 Å². The number of carbonyl (C=O) groups excluding carboxylic acids is 1. The molecule has 0 aromatic heterocycles. The molecule has 0 radical (unpaired) electrons. The van der Waals surface area contributed by atoms with Crippen molar-refractivity contribution in [1.29, 1.82) is 0 Å². The molecule has 0 saturated carbocycles. The first-order valence-electron chi connectivity index (χ1n) is 5.45. The second kappa shape index (κ2) is 7.92. The number of nitrogens with one attached hydrogen (secondary N) is 1. The summed E-state index contributed by atoms with van der Waals surface area (Å²) in [6.07, 6.45) is 1.09. The Morgan fingerprint density at radius 3 is 2.31 bits per heavy atom. The summed E-state index contributed by atoms with van der Waals surface area (Å²) in [7, 11) is 0. The molecule has 0 spiro atoms. The Balaban J connectivity index is 4.32. The van der Waals surface area contributed by atoms with Crippen LogP contribution in [-0.2, 0) is 4.79 Å². The Labute approximate surface area is 95.2 Å². The van der Waals surface area contributed by atoms with E-state index in [9.17, 15) is 9.59 Å². The summed E-state index contributed by atoms with van der Waals surface area (Å²) in [4.78, 5) is 23.8. The summed E-state index contributed by atoms with van der Waals surface area (Å²) in [6.45, 7) is 4.19. The van der Waals surface area contributed by atoms with E-state index in [1.807, 2.05) is 6.92 Å². The molecule has 0 heterocycles. The minimum absolute atomic E-state index is 0.128. The van der Waals surface area contributed by atoms with Crippen molar-refractivity contribution >= 4 is 12.0 Å². The lowest BCUT2D eigenvalue weighted by Crippen LogP contribution is -2.48. The molecule has 0 aliphatic heterocycles. The Hall–Kier alpha value is -1.30. The molecule has 6 heteroatoms. The van der Waals surface area contributed by atoms with Crippen LogP contribution in [-0.4, -0.2) is 52.9 Å². The molecule has 1 unspecified atom stereocenters. The van der Waals surface area contributed by atoms with Gasteiger partial charge < -0.3 is 20.4 Å². The SMILES string of the molecule is CCCN(CCO)C(=O)NC(CC)C(=O)O. The number of carbonyl (C=O) groups is 2. The standard InChI is InChI=1S/C10H20N2O4/c1-3-5-12(6-7-13)10(16)11-8(4-2)9(14)15/h8,13H,3-7H2,1-2H3,(H,11,16)(H,14,15). The van der Waals surface area contributed by atoms with Crippen LogP contribution >= 0.6 is 0 Å². The number of hydrogen-bond donors (Lipinski definition) is 3. The number of nitrogens with zero attached hydrogens (tertiary/aromatic N) is 1. The highest BCUT2D eigenvalue weighted by atomic mass is 16.4. The first kappa shape index (κ1) is 14.7. The maximum Gasteiger partial charge on any atom is 0.326 e. The van der Waals surface area contributed by atoms with Crippen LogP contribution in [0.1, 0.15) is 26.7 Å². The third-order valence-electron chi connectivity index (χ3n) is 2.15. The van der Waals surface area contributed by atoms with Gasteiger partial charge in [0.2, 0.25) is 0 Å². The second-order valence-corrected chi connectivity index (χ2v) is 3.46. The van der Waals surface area contributed by atoms with Crippen LogP contribution in [0, 0.1) is 0 Å². The average molecular weight is 232 g/mol. The fourth-order valence-corrected chi connectivity index (χ4v) is 1.28. The molecule has 3 N–H and O–H groups in total. The van der Waals surface area contributed by atoms with E-state index >= 15 is 0 Å². The number of rotatable bonds is 7. The fraction of sp³-hybridized carbons (Fsp3) is 0.800. The van der Waals surface area contributed by atoms with Gasteiger partial charge >= 0.3 is 12.0 Å². The predicted molar refractivity (Wildman–Crippen MR) is 59.2 cm³/mol. The zero-order chi connectivity index (χ0) is 12.6. The van der Waals surface area contributed by atoms with Crippen molar-refractivity contribution in [2.45, 2.75) is 32.7 Å². The third kappa shape index (κ3) is 4.97. The molecular weight excluding hydrogens is 212 g/mol. The molecule has 2 amide bonds. The minimum atomic E-state index is -1.05. The lowest BCUT2D eigenvalue weighted by molar-refractivity contribution is -0.139. The van der Waals surface area contributed by atoms with E-state index in [0.29, 0.717) is 13.0 Å². The van der Waals surface area contributed by atoms with Gasteiger partial charge in [0, 0.05) is 13.1 Å². The van der Waals surface area contributed by atoms with Crippen molar-refractivity contribution in [3.05, 3.63) is 0 Å². The molecule has 0 aliphatic carbocycles. The number of aliphatic hydroxyl groups excluding tert-OH is 1. The van der Waals surface area contributed by atoms with Crippen molar-refractivity contribution in [1.82, 2.24) is 10.2 Å². The smallest absolute Gasteiger partial charge is 0.326 e. The Morgan fingerprint density at radius 2 is 1.94 bits per heavy atom. The number of carboxylic acid groups (broad SMARTS) is 1. The van der Waals surface area contributed by atoms with E-state index in [0.717, 1.165) is 6.42 Å². The lowest BCUT2D eigenvalue weighted by atomic mass is 10.2. The monoisotopic (exact) mass is 232 g/mol. The minimum Gasteiger partial charge on any atom is -0.480 e. The van der Waals surface area contributed by atoms with E-state index in [1.165, 1.54) is 4.90 Å². The van der Waals surface area contributed by atoms with E-state index in [2.05, 4.69) is 5.32 Å². The van der Waals surface area contributed by atoms with Gasteiger partial charge in [-0.25, -0.2) is 9.59 Å². The molecule has 0 aromatic rings. The van der Waals surface area contributed by atoms with Gasteiger partial charge in [-0.15, -0.1) is 0 Å². The second-order valence-electron chi connectivity index (χ2n) is 3.46. The normalized spacial score (nSPS) is 11.9. The summed E-state index contributed by atoms with van der Waals surface area (Å²) in [5.74, 6) is -1.05. The first-order valence-corrected chi connectivity index (χ1v) is 5.45. The summed E-state index contributed by atoms with van der Waals surface area (Å²) in [5, 5.41) is 20.0. The van der Waals surface area contributed by atoms with E-state index in [-0.39, 0.29) is 13.2 Å². The van der Waals surface area contributed by atoms with E-state index in [4.69, 9.17) is 10.2 Å². The maximum absolute atomic E-state index is 11.6. The highest BCUT2D eigenvalue weighted by Crippen LogP contribution is 1.96. The highest BCUT2D eigenvalue weighted by Gasteiger charge is 2.20. The van der Waals surface area contributed by atoms with Crippen molar-refractivity contribution in [3.63, 3.8) is 0 Å². The molecule has 1 atom stereocenters. The molecule has 94 valence electrons. The number of aliphatic hydroxyl groups is 1. The van der Waals surface area contributed by atoms with Crippen LogP contribution in [0.2, 0.25) is 0 Å². The van der Waals surface area contributed by atoms with Crippen LogP contribution in [0.15, 0.2) is 0 Å². The zero-order valence-electron chi connectivity index (χ0n) is 9.77. The van der Waals surface area contributed by atoms with Gasteiger partial charge in [0.15, 0.2) is 0 Å². The van der Waals surface area contributed by atoms with Gasteiger partial charge in [0.1, 0.15) is 6.04 Å². The molecule has 0 saturated heterocycles. The third-order valence-corrected chi connectivity index (χ3v) is 2.15. The molecule has 0 aromatic carbocycles. The molecule has 0 rings (SSSR count). The van der Waals surface area contributed by atoms with Crippen LogP contribution < -0.4 is 5.32 Å². The molecule has 0 fully saturated rings. The van der Waals surface area contributed by atoms with Gasteiger partial charge in [-0.05, 0) is 12.8 Å². The van der Waals surface area contributed by atoms with Crippen molar-refractivity contribution in [3.8, 4) is 0 Å². The molecule has 16 heavy (non-hydrogen) atoms. The van der Waals surface area contributed by atoms with Crippen molar-refractivity contribution < 1.29 is 19.8 Å². The topological polar surface area (TPSA) is 89.9 Å². The molecule has 0 bridgehead atoms. The Morgan fingerprint density at radius 1 is 1.31 bits per heavy atom. The summed E-state index contributed by atoms with van der Waals surface area (Å²) < 4.78 is 0. The fourth-order valence-electron chi connectivity index (χ4n) is 1.28. The largest absolute Gasteiger partial charge is 0.480 e. The summed E-state index contributed by atoms with van der Waals surface area (Å²) in [5.41, 5.74) is 0. The first-order chi connectivity index (χ1) is 7.56. The van der Waals surface area contributed by atoms with Gasteiger partial charge in [-0.3, -0.25) is 0 Å². The van der Waals surface area contributed by atoms with E-state index in [1.54, 1.807) is 6.92 Å². The number of aliphatic carboxylic acids is 1. The summed E-state index contributed by atoms with van der Waals surface area (Å²) in [6, 6.07) is -1.31. The number of hydrogen-bond acceptors (Lipinski definition) is 3. The molecule has 6 nitrogen and oxygen atoms in total. The quantitative estimate of drug-likeness (QED) is 0.587.